The fourth-order valence-corrected chi connectivity index (χ4v) is 2.66. The Bertz CT molecular complexity index is 411. The summed E-state index contributed by atoms with van der Waals surface area (Å²) in [5.74, 6) is 0.940. The Labute approximate surface area is 128 Å². The van der Waals surface area contributed by atoms with Crippen LogP contribution in [0.4, 0.5) is 0 Å². The van der Waals surface area contributed by atoms with Gasteiger partial charge in [-0.15, -0.1) is 0 Å². The first kappa shape index (κ1) is 16.3. The van der Waals surface area contributed by atoms with Gasteiger partial charge in [0.1, 0.15) is 5.75 Å². The minimum atomic E-state index is 0.162. The highest BCUT2D eigenvalue weighted by Gasteiger charge is 2.27. The van der Waals surface area contributed by atoms with Crippen LogP contribution in [0.15, 0.2) is 24.3 Å². The first-order valence-electron chi connectivity index (χ1n) is 7.87. The topological polar surface area (TPSA) is 33.7 Å². The van der Waals surface area contributed by atoms with Gasteiger partial charge in [0.15, 0.2) is 0 Å². The lowest BCUT2D eigenvalue weighted by molar-refractivity contribution is -0.00966. The minimum absolute atomic E-state index is 0.162. The summed E-state index contributed by atoms with van der Waals surface area (Å²) in [6.45, 7) is 12.9. The van der Waals surface area contributed by atoms with Crippen molar-refractivity contribution >= 4 is 0 Å². The maximum Gasteiger partial charge on any atom is 0.119 e. The molecule has 2 rings (SSSR count). The first-order chi connectivity index (χ1) is 10.1. The minimum Gasteiger partial charge on any atom is -0.494 e. The van der Waals surface area contributed by atoms with Crippen molar-refractivity contribution in [2.24, 2.45) is 0 Å². The zero-order chi connectivity index (χ0) is 15.1. The maximum absolute atomic E-state index is 5.46. The SMILES string of the molecule is CCOc1ccc(CNCC(C)(C)N2CCOCC2)cc1. The van der Waals surface area contributed by atoms with E-state index in [0.717, 1.165) is 45.1 Å². The van der Waals surface area contributed by atoms with E-state index >= 15 is 0 Å². The van der Waals surface area contributed by atoms with Crippen molar-refractivity contribution in [2.45, 2.75) is 32.9 Å². The van der Waals surface area contributed by atoms with Crippen LogP contribution >= 0.6 is 0 Å². The van der Waals surface area contributed by atoms with E-state index in [0.29, 0.717) is 6.61 Å². The van der Waals surface area contributed by atoms with E-state index in [-0.39, 0.29) is 5.54 Å². The molecule has 0 aromatic heterocycles. The number of ether oxygens (including phenoxy) is 2. The first-order valence-corrected chi connectivity index (χ1v) is 7.87. The molecule has 1 heterocycles. The summed E-state index contributed by atoms with van der Waals surface area (Å²) in [4.78, 5) is 2.50. The van der Waals surface area contributed by atoms with E-state index in [2.05, 4.69) is 36.2 Å². The summed E-state index contributed by atoms with van der Waals surface area (Å²) in [5, 5.41) is 3.57. The Morgan fingerprint density at radius 1 is 1.19 bits per heavy atom. The highest BCUT2D eigenvalue weighted by Crippen LogP contribution is 2.16. The number of hydrogen-bond acceptors (Lipinski definition) is 4. The number of nitrogens with one attached hydrogen (secondary N) is 1. The lowest BCUT2D eigenvalue weighted by Gasteiger charge is -2.41. The Morgan fingerprint density at radius 2 is 1.86 bits per heavy atom. The van der Waals surface area contributed by atoms with Crippen LogP contribution in [0.5, 0.6) is 5.75 Å². The molecule has 1 aliphatic rings. The molecule has 0 radical (unpaired) electrons. The lowest BCUT2D eigenvalue weighted by Crippen LogP contribution is -2.54. The van der Waals surface area contributed by atoms with Gasteiger partial charge in [0.25, 0.3) is 0 Å². The van der Waals surface area contributed by atoms with Crippen molar-refractivity contribution in [2.75, 3.05) is 39.5 Å². The summed E-state index contributed by atoms with van der Waals surface area (Å²) in [7, 11) is 0. The highest BCUT2D eigenvalue weighted by molar-refractivity contribution is 5.27. The second-order valence-corrected chi connectivity index (χ2v) is 6.09. The number of rotatable bonds is 7. The Morgan fingerprint density at radius 3 is 2.48 bits per heavy atom. The zero-order valence-electron chi connectivity index (χ0n) is 13.5. The third-order valence-corrected chi connectivity index (χ3v) is 3.99. The normalized spacial score (nSPS) is 16.9. The van der Waals surface area contributed by atoms with Crippen LogP contribution in [-0.2, 0) is 11.3 Å². The molecular formula is C17H28N2O2. The molecule has 0 atom stereocenters. The molecule has 0 amide bonds. The standard InChI is InChI=1S/C17H28N2O2/c1-4-21-16-7-5-15(6-8-16)13-18-14-17(2,3)19-9-11-20-12-10-19/h5-8,18H,4,9-14H2,1-3H3. The monoisotopic (exact) mass is 292 g/mol. The predicted molar refractivity (Wildman–Crippen MR) is 85.8 cm³/mol. The quantitative estimate of drug-likeness (QED) is 0.836. The second-order valence-electron chi connectivity index (χ2n) is 6.09. The molecule has 21 heavy (non-hydrogen) atoms. The molecule has 4 nitrogen and oxygen atoms in total. The van der Waals surface area contributed by atoms with Crippen LogP contribution in [0.3, 0.4) is 0 Å². The fourth-order valence-electron chi connectivity index (χ4n) is 2.66. The summed E-state index contributed by atoms with van der Waals surface area (Å²) >= 11 is 0. The maximum atomic E-state index is 5.46. The predicted octanol–water partition coefficient (Wildman–Crippen LogP) is 2.29. The molecule has 4 heteroatoms. The Hall–Kier alpha value is -1.10. The zero-order valence-corrected chi connectivity index (χ0v) is 13.5. The molecule has 1 saturated heterocycles. The van der Waals surface area contributed by atoms with Crippen molar-refractivity contribution in [3.05, 3.63) is 29.8 Å². The molecule has 0 spiro atoms. The Kier molecular flexibility index (Phi) is 6.03. The van der Waals surface area contributed by atoms with E-state index in [1.54, 1.807) is 0 Å². The number of nitrogens with zero attached hydrogens (tertiary/aromatic N) is 1. The van der Waals surface area contributed by atoms with E-state index in [9.17, 15) is 0 Å². The van der Waals surface area contributed by atoms with Gasteiger partial charge in [-0.05, 0) is 38.5 Å². The van der Waals surface area contributed by atoms with Crippen LogP contribution in [0.1, 0.15) is 26.3 Å². The van der Waals surface area contributed by atoms with E-state index in [4.69, 9.17) is 9.47 Å². The summed E-state index contributed by atoms with van der Waals surface area (Å²) in [5.41, 5.74) is 1.45. The van der Waals surface area contributed by atoms with Gasteiger partial charge in [-0.3, -0.25) is 4.90 Å². The van der Waals surface area contributed by atoms with E-state index in [1.807, 2.05) is 19.1 Å². The molecule has 0 unspecified atom stereocenters. The molecule has 1 aliphatic heterocycles. The third kappa shape index (κ3) is 4.99. The van der Waals surface area contributed by atoms with Crippen LogP contribution in [0.25, 0.3) is 0 Å². The van der Waals surface area contributed by atoms with Crippen LogP contribution in [0.2, 0.25) is 0 Å². The Balaban J connectivity index is 1.77. The van der Waals surface area contributed by atoms with Crippen molar-refractivity contribution < 1.29 is 9.47 Å². The molecular weight excluding hydrogens is 264 g/mol. The summed E-state index contributed by atoms with van der Waals surface area (Å²) in [6.07, 6.45) is 0. The van der Waals surface area contributed by atoms with Crippen LogP contribution in [-0.4, -0.2) is 49.9 Å². The smallest absolute Gasteiger partial charge is 0.119 e. The molecule has 118 valence electrons. The van der Waals surface area contributed by atoms with Crippen molar-refractivity contribution in [3.63, 3.8) is 0 Å². The van der Waals surface area contributed by atoms with Crippen LogP contribution < -0.4 is 10.1 Å². The van der Waals surface area contributed by atoms with Gasteiger partial charge in [-0.25, -0.2) is 0 Å². The highest BCUT2D eigenvalue weighted by atomic mass is 16.5. The summed E-state index contributed by atoms with van der Waals surface area (Å²) < 4.78 is 10.9. The molecule has 0 saturated carbocycles. The van der Waals surface area contributed by atoms with Gasteiger partial charge >= 0.3 is 0 Å². The number of morpholine rings is 1. The molecule has 1 aromatic carbocycles. The lowest BCUT2D eigenvalue weighted by atomic mass is 10.0. The van der Waals surface area contributed by atoms with Gasteiger partial charge in [0.2, 0.25) is 0 Å². The van der Waals surface area contributed by atoms with Gasteiger partial charge < -0.3 is 14.8 Å². The van der Waals surface area contributed by atoms with Gasteiger partial charge in [-0.2, -0.15) is 0 Å². The van der Waals surface area contributed by atoms with Crippen molar-refractivity contribution in [1.82, 2.24) is 10.2 Å². The fraction of sp³-hybridized carbons (Fsp3) is 0.647. The van der Waals surface area contributed by atoms with E-state index < -0.39 is 0 Å². The number of benzene rings is 1. The molecule has 1 fully saturated rings. The number of hydrogen-bond donors (Lipinski definition) is 1. The van der Waals surface area contributed by atoms with E-state index in [1.165, 1.54) is 5.56 Å². The summed E-state index contributed by atoms with van der Waals surface area (Å²) in [6, 6.07) is 8.32. The third-order valence-electron chi connectivity index (χ3n) is 3.99. The molecule has 0 aliphatic carbocycles. The van der Waals surface area contributed by atoms with Crippen LogP contribution in [0, 0.1) is 0 Å². The molecule has 1 N–H and O–H groups in total. The average molecular weight is 292 g/mol. The second kappa shape index (κ2) is 7.78. The van der Waals surface area contributed by atoms with Crippen molar-refractivity contribution in [1.29, 1.82) is 0 Å². The van der Waals surface area contributed by atoms with Gasteiger partial charge in [0.05, 0.1) is 19.8 Å². The van der Waals surface area contributed by atoms with Crippen molar-refractivity contribution in [3.8, 4) is 5.75 Å². The molecule has 1 aromatic rings. The average Bonchev–Trinajstić information content (AvgIpc) is 2.50. The van der Waals surface area contributed by atoms with Gasteiger partial charge in [0, 0.05) is 31.7 Å². The molecule has 0 bridgehead atoms. The van der Waals surface area contributed by atoms with Gasteiger partial charge in [-0.1, -0.05) is 12.1 Å². The largest absolute Gasteiger partial charge is 0.494 e.